The fourth-order valence-electron chi connectivity index (χ4n) is 1.66. The average Bonchev–Trinajstić information content (AvgIpc) is 2.43. The zero-order chi connectivity index (χ0) is 13.4. The van der Waals surface area contributed by atoms with Crippen LogP contribution in [0.3, 0.4) is 0 Å². The number of nitrogens with two attached hydrogens (primary N) is 1. The summed E-state index contributed by atoms with van der Waals surface area (Å²) in [5, 5.41) is 2.85. The van der Waals surface area contributed by atoms with Crippen molar-refractivity contribution in [2.75, 3.05) is 25.0 Å². The van der Waals surface area contributed by atoms with E-state index in [-0.39, 0.29) is 11.9 Å². The van der Waals surface area contributed by atoms with E-state index in [0.717, 1.165) is 13.0 Å². The minimum Gasteiger partial charge on any atom is -0.375 e. The van der Waals surface area contributed by atoms with Crippen LogP contribution in [0.25, 0.3) is 0 Å². The zero-order valence-corrected chi connectivity index (χ0v) is 11.2. The van der Waals surface area contributed by atoms with Gasteiger partial charge in [-0.3, -0.25) is 4.79 Å². The Balaban J connectivity index is 2.20. The van der Waals surface area contributed by atoms with Crippen LogP contribution >= 0.6 is 0 Å². The molecular weight excluding hydrogens is 226 g/mol. The highest BCUT2D eigenvalue weighted by Gasteiger charge is 2.09. The van der Waals surface area contributed by atoms with Crippen molar-refractivity contribution < 1.29 is 4.79 Å². The van der Waals surface area contributed by atoms with Crippen LogP contribution < -0.4 is 16.0 Å². The third kappa shape index (κ3) is 4.75. The van der Waals surface area contributed by atoms with Gasteiger partial charge in [-0.25, -0.2) is 0 Å². The van der Waals surface area contributed by atoms with Gasteiger partial charge in [-0.1, -0.05) is 25.1 Å². The first-order chi connectivity index (χ1) is 8.65. The lowest BCUT2D eigenvalue weighted by Crippen LogP contribution is -2.40. The third-order valence-electron chi connectivity index (χ3n) is 2.94. The third-order valence-corrected chi connectivity index (χ3v) is 2.94. The fraction of sp³-hybridized carbons (Fsp3) is 0.500. The highest BCUT2D eigenvalue weighted by atomic mass is 16.2. The predicted octanol–water partition coefficient (Wildman–Crippen LogP) is 1.37. The van der Waals surface area contributed by atoms with Crippen molar-refractivity contribution in [3.05, 3.63) is 30.3 Å². The topological polar surface area (TPSA) is 58.4 Å². The molecule has 1 amide bonds. The maximum Gasteiger partial charge on any atom is 0.236 e. The van der Waals surface area contributed by atoms with E-state index < -0.39 is 0 Å². The highest BCUT2D eigenvalue weighted by Crippen LogP contribution is 2.10. The molecule has 0 spiro atoms. The van der Waals surface area contributed by atoms with Crippen molar-refractivity contribution >= 4 is 11.6 Å². The van der Waals surface area contributed by atoms with Gasteiger partial charge in [0.1, 0.15) is 0 Å². The van der Waals surface area contributed by atoms with Crippen molar-refractivity contribution in [1.29, 1.82) is 0 Å². The van der Waals surface area contributed by atoms with Crippen molar-refractivity contribution in [3.63, 3.8) is 0 Å². The van der Waals surface area contributed by atoms with Crippen molar-refractivity contribution in [2.24, 2.45) is 5.73 Å². The molecule has 1 atom stereocenters. The largest absolute Gasteiger partial charge is 0.375 e. The first kappa shape index (κ1) is 14.5. The molecule has 1 aromatic carbocycles. The van der Waals surface area contributed by atoms with E-state index in [9.17, 15) is 4.79 Å². The molecule has 100 valence electrons. The van der Waals surface area contributed by atoms with Gasteiger partial charge >= 0.3 is 0 Å². The molecule has 3 N–H and O–H groups in total. The van der Waals surface area contributed by atoms with Crippen LogP contribution in [0, 0.1) is 0 Å². The summed E-state index contributed by atoms with van der Waals surface area (Å²) in [7, 11) is 2.05. The molecule has 0 aliphatic rings. The standard InChI is InChI=1S/C14H23N3O/c1-3-13(15)14(18)16-10-7-11-17(2)12-8-5-4-6-9-12/h4-6,8-9,13H,3,7,10-11,15H2,1-2H3,(H,16,18). The SMILES string of the molecule is CCC(N)C(=O)NCCCN(C)c1ccccc1. The molecule has 0 bridgehead atoms. The van der Waals surface area contributed by atoms with Crippen LogP contribution in [-0.4, -0.2) is 32.1 Å². The smallest absolute Gasteiger partial charge is 0.236 e. The number of carbonyl (C=O) groups is 1. The molecule has 0 saturated carbocycles. The van der Waals surface area contributed by atoms with Gasteiger partial charge in [0, 0.05) is 25.8 Å². The van der Waals surface area contributed by atoms with Gasteiger partial charge in [0.15, 0.2) is 0 Å². The van der Waals surface area contributed by atoms with Crippen molar-refractivity contribution in [1.82, 2.24) is 5.32 Å². The molecule has 0 fully saturated rings. The van der Waals surface area contributed by atoms with Crippen molar-refractivity contribution in [2.45, 2.75) is 25.8 Å². The molecule has 4 heteroatoms. The lowest BCUT2D eigenvalue weighted by atomic mass is 10.2. The molecule has 0 aliphatic carbocycles. The first-order valence-electron chi connectivity index (χ1n) is 6.44. The first-order valence-corrected chi connectivity index (χ1v) is 6.44. The van der Waals surface area contributed by atoms with Crippen LogP contribution in [0.1, 0.15) is 19.8 Å². The van der Waals surface area contributed by atoms with Gasteiger partial charge in [0.05, 0.1) is 6.04 Å². The van der Waals surface area contributed by atoms with E-state index in [2.05, 4.69) is 29.4 Å². The number of para-hydroxylation sites is 1. The highest BCUT2D eigenvalue weighted by molar-refractivity contribution is 5.81. The van der Waals surface area contributed by atoms with E-state index in [4.69, 9.17) is 5.73 Å². The predicted molar refractivity (Wildman–Crippen MR) is 75.6 cm³/mol. The Morgan fingerprint density at radius 2 is 2.06 bits per heavy atom. The number of anilines is 1. The second-order valence-corrected chi connectivity index (χ2v) is 4.42. The normalized spacial score (nSPS) is 11.9. The average molecular weight is 249 g/mol. The quantitative estimate of drug-likeness (QED) is 0.718. The molecule has 1 unspecified atom stereocenters. The van der Waals surface area contributed by atoms with Gasteiger partial charge in [-0.05, 0) is 25.0 Å². The number of benzene rings is 1. The van der Waals surface area contributed by atoms with Crippen LogP contribution in [0.2, 0.25) is 0 Å². The molecule has 0 aromatic heterocycles. The monoisotopic (exact) mass is 249 g/mol. The zero-order valence-electron chi connectivity index (χ0n) is 11.2. The molecule has 1 rings (SSSR count). The Morgan fingerprint density at radius 3 is 2.67 bits per heavy atom. The summed E-state index contributed by atoms with van der Waals surface area (Å²) >= 11 is 0. The summed E-state index contributed by atoms with van der Waals surface area (Å²) < 4.78 is 0. The van der Waals surface area contributed by atoms with Gasteiger partial charge in [0.2, 0.25) is 5.91 Å². The Bertz CT molecular complexity index is 353. The number of hydrogen-bond acceptors (Lipinski definition) is 3. The summed E-state index contributed by atoms with van der Waals surface area (Å²) in [5.41, 5.74) is 6.82. The lowest BCUT2D eigenvalue weighted by molar-refractivity contribution is -0.122. The minimum atomic E-state index is -0.378. The molecule has 0 aliphatic heterocycles. The van der Waals surface area contributed by atoms with Gasteiger partial charge in [0.25, 0.3) is 0 Å². The Hall–Kier alpha value is -1.55. The summed E-state index contributed by atoms with van der Waals surface area (Å²) in [6.07, 6.45) is 1.59. The fourth-order valence-corrected chi connectivity index (χ4v) is 1.66. The molecular formula is C14H23N3O. The Morgan fingerprint density at radius 1 is 1.39 bits per heavy atom. The van der Waals surface area contributed by atoms with Crippen LogP contribution in [0.5, 0.6) is 0 Å². The molecule has 1 aromatic rings. The number of hydrogen-bond donors (Lipinski definition) is 2. The molecule has 0 heterocycles. The van der Waals surface area contributed by atoms with Crippen LogP contribution in [0.15, 0.2) is 30.3 Å². The van der Waals surface area contributed by atoms with Crippen LogP contribution in [0.4, 0.5) is 5.69 Å². The maximum atomic E-state index is 11.4. The summed E-state index contributed by atoms with van der Waals surface area (Å²) in [6.45, 7) is 3.49. The van der Waals surface area contributed by atoms with Gasteiger partial charge in [-0.15, -0.1) is 0 Å². The minimum absolute atomic E-state index is 0.0557. The number of nitrogens with one attached hydrogen (secondary N) is 1. The Labute approximate surface area is 109 Å². The second-order valence-electron chi connectivity index (χ2n) is 4.42. The van der Waals surface area contributed by atoms with Gasteiger partial charge < -0.3 is 16.0 Å². The molecule has 0 saturated heterocycles. The number of amides is 1. The number of rotatable bonds is 7. The number of nitrogens with zero attached hydrogens (tertiary/aromatic N) is 1. The van der Waals surface area contributed by atoms with E-state index in [0.29, 0.717) is 13.0 Å². The lowest BCUT2D eigenvalue weighted by Gasteiger charge is -2.19. The summed E-state index contributed by atoms with van der Waals surface area (Å²) in [6, 6.07) is 9.82. The van der Waals surface area contributed by atoms with Gasteiger partial charge in [-0.2, -0.15) is 0 Å². The number of carbonyl (C=O) groups excluding carboxylic acids is 1. The van der Waals surface area contributed by atoms with E-state index >= 15 is 0 Å². The Kier molecular flexibility index (Phi) is 6.22. The molecule has 0 radical (unpaired) electrons. The molecule has 18 heavy (non-hydrogen) atoms. The maximum absolute atomic E-state index is 11.4. The summed E-state index contributed by atoms with van der Waals surface area (Å²) in [5.74, 6) is -0.0557. The van der Waals surface area contributed by atoms with E-state index in [1.54, 1.807) is 0 Å². The van der Waals surface area contributed by atoms with Crippen LogP contribution in [-0.2, 0) is 4.79 Å². The van der Waals surface area contributed by atoms with Crippen molar-refractivity contribution in [3.8, 4) is 0 Å². The molecule has 4 nitrogen and oxygen atoms in total. The van der Waals surface area contributed by atoms with E-state index in [1.165, 1.54) is 5.69 Å². The second kappa shape index (κ2) is 7.71. The summed E-state index contributed by atoms with van der Waals surface area (Å²) in [4.78, 5) is 13.6. The van der Waals surface area contributed by atoms with E-state index in [1.807, 2.05) is 25.1 Å².